The van der Waals surface area contributed by atoms with Crippen LogP contribution < -0.4 is 5.32 Å². The molecule has 1 saturated carbocycles. The van der Waals surface area contributed by atoms with Crippen molar-refractivity contribution in [1.29, 1.82) is 0 Å². The van der Waals surface area contributed by atoms with Gasteiger partial charge < -0.3 is 10.1 Å². The van der Waals surface area contributed by atoms with Crippen LogP contribution in [0.15, 0.2) is 0 Å². The molecule has 0 amide bonds. The van der Waals surface area contributed by atoms with E-state index in [4.69, 9.17) is 4.74 Å². The van der Waals surface area contributed by atoms with Crippen molar-refractivity contribution in [2.75, 3.05) is 13.2 Å². The minimum absolute atomic E-state index is 0.0175. The second kappa shape index (κ2) is 4.11. The van der Waals surface area contributed by atoms with Crippen LogP contribution in [0.4, 0.5) is 8.78 Å². The van der Waals surface area contributed by atoms with Crippen molar-refractivity contribution >= 4 is 0 Å². The molecule has 0 radical (unpaired) electrons. The molecule has 2 aliphatic rings. The molecule has 1 heterocycles. The molecule has 2 fully saturated rings. The van der Waals surface area contributed by atoms with Crippen molar-refractivity contribution in [3.8, 4) is 0 Å². The van der Waals surface area contributed by atoms with E-state index in [0.717, 1.165) is 12.8 Å². The number of alkyl halides is 2. The molecule has 0 aromatic heterocycles. The average Bonchev–Trinajstić information content (AvgIpc) is 2.19. The fourth-order valence-corrected chi connectivity index (χ4v) is 2.41. The van der Waals surface area contributed by atoms with Gasteiger partial charge in [-0.25, -0.2) is 8.78 Å². The molecule has 0 aromatic rings. The summed E-state index contributed by atoms with van der Waals surface area (Å²) >= 11 is 0. The summed E-state index contributed by atoms with van der Waals surface area (Å²) in [6, 6.07) is 0. The molecular formula is C10H17F2NO. The highest BCUT2D eigenvalue weighted by atomic mass is 19.3. The Morgan fingerprint density at radius 1 is 1.21 bits per heavy atom. The first-order valence-electron chi connectivity index (χ1n) is 5.37. The second-order valence-electron chi connectivity index (χ2n) is 4.41. The summed E-state index contributed by atoms with van der Waals surface area (Å²) in [6.45, 7) is 0.764. The molecule has 1 saturated heterocycles. The van der Waals surface area contributed by atoms with E-state index < -0.39 is 12.5 Å². The summed E-state index contributed by atoms with van der Waals surface area (Å²) in [4.78, 5) is 0. The zero-order chi connectivity index (χ0) is 10.0. The Labute approximate surface area is 83.0 Å². The number of ether oxygens (including phenoxy) is 1. The number of rotatable bonds is 1. The summed E-state index contributed by atoms with van der Waals surface area (Å²) in [6.07, 6.45) is 2.53. The highest BCUT2D eigenvalue weighted by molar-refractivity contribution is 4.94. The number of nitrogens with one attached hydrogen (secondary N) is 1. The van der Waals surface area contributed by atoms with Crippen molar-refractivity contribution in [2.45, 2.75) is 50.2 Å². The largest absolute Gasteiger partial charge is 0.369 e. The van der Waals surface area contributed by atoms with Gasteiger partial charge in [-0.2, -0.15) is 0 Å². The molecule has 4 heteroatoms. The van der Waals surface area contributed by atoms with E-state index >= 15 is 0 Å². The molecule has 1 spiro atoms. The van der Waals surface area contributed by atoms with Crippen molar-refractivity contribution in [1.82, 2.24) is 5.32 Å². The highest BCUT2D eigenvalue weighted by Crippen LogP contribution is 2.31. The van der Waals surface area contributed by atoms with Crippen LogP contribution in [-0.4, -0.2) is 31.2 Å². The average molecular weight is 205 g/mol. The molecule has 1 aliphatic heterocycles. The zero-order valence-electron chi connectivity index (χ0n) is 8.27. The predicted octanol–water partition coefficient (Wildman–Crippen LogP) is 1.94. The molecule has 0 aromatic carbocycles. The Kier molecular flexibility index (Phi) is 3.02. The summed E-state index contributed by atoms with van der Waals surface area (Å²) < 4.78 is 29.8. The van der Waals surface area contributed by atoms with Gasteiger partial charge in [0.25, 0.3) is 6.43 Å². The van der Waals surface area contributed by atoms with Gasteiger partial charge in [0.1, 0.15) is 6.10 Å². The van der Waals surface area contributed by atoms with Gasteiger partial charge in [0.2, 0.25) is 0 Å². The molecule has 1 aliphatic carbocycles. The Balaban J connectivity index is 1.87. The third-order valence-electron chi connectivity index (χ3n) is 3.34. The smallest absolute Gasteiger partial charge is 0.265 e. The molecule has 82 valence electrons. The van der Waals surface area contributed by atoms with Crippen LogP contribution in [0.25, 0.3) is 0 Å². The topological polar surface area (TPSA) is 21.3 Å². The number of hydrogen-bond acceptors (Lipinski definition) is 2. The Bertz CT molecular complexity index is 183. The first kappa shape index (κ1) is 10.3. The van der Waals surface area contributed by atoms with Crippen LogP contribution in [0.3, 0.4) is 0 Å². The van der Waals surface area contributed by atoms with Gasteiger partial charge in [-0.05, 0) is 12.8 Å². The molecular weight excluding hydrogens is 188 g/mol. The Morgan fingerprint density at radius 3 is 2.43 bits per heavy atom. The number of morpholine rings is 1. The Morgan fingerprint density at radius 2 is 1.93 bits per heavy atom. The maximum atomic E-state index is 12.3. The molecule has 1 atom stereocenters. The lowest BCUT2D eigenvalue weighted by atomic mass is 9.81. The summed E-state index contributed by atoms with van der Waals surface area (Å²) in [7, 11) is 0. The fourth-order valence-electron chi connectivity index (χ4n) is 2.41. The standard InChI is InChI=1S/C10H17F2NO/c11-9(12)8-6-13-10(7-14-8)4-2-1-3-5-10/h8-9,13H,1-7H2. The van der Waals surface area contributed by atoms with Gasteiger partial charge in [0, 0.05) is 12.1 Å². The van der Waals surface area contributed by atoms with Gasteiger partial charge >= 0.3 is 0 Å². The maximum Gasteiger partial charge on any atom is 0.265 e. The quantitative estimate of drug-likeness (QED) is 0.706. The lowest BCUT2D eigenvalue weighted by Crippen LogP contribution is -2.59. The first-order chi connectivity index (χ1) is 6.72. The Hall–Kier alpha value is -0.220. The van der Waals surface area contributed by atoms with Crippen molar-refractivity contribution in [3.63, 3.8) is 0 Å². The fraction of sp³-hybridized carbons (Fsp3) is 1.00. The van der Waals surface area contributed by atoms with Crippen LogP contribution in [0.5, 0.6) is 0 Å². The van der Waals surface area contributed by atoms with Crippen LogP contribution in [-0.2, 0) is 4.74 Å². The maximum absolute atomic E-state index is 12.3. The third kappa shape index (κ3) is 2.06. The lowest BCUT2D eigenvalue weighted by Gasteiger charge is -2.43. The summed E-state index contributed by atoms with van der Waals surface area (Å²) in [5, 5.41) is 3.26. The van der Waals surface area contributed by atoms with E-state index in [1.807, 2.05) is 0 Å². The molecule has 2 nitrogen and oxygen atoms in total. The molecule has 1 unspecified atom stereocenters. The predicted molar refractivity (Wildman–Crippen MR) is 49.6 cm³/mol. The zero-order valence-corrected chi connectivity index (χ0v) is 8.27. The first-order valence-corrected chi connectivity index (χ1v) is 5.37. The van der Waals surface area contributed by atoms with E-state index in [9.17, 15) is 8.78 Å². The van der Waals surface area contributed by atoms with Crippen molar-refractivity contribution < 1.29 is 13.5 Å². The van der Waals surface area contributed by atoms with Crippen LogP contribution in [0, 0.1) is 0 Å². The third-order valence-corrected chi connectivity index (χ3v) is 3.34. The van der Waals surface area contributed by atoms with E-state index in [-0.39, 0.29) is 5.54 Å². The number of hydrogen-bond donors (Lipinski definition) is 1. The summed E-state index contributed by atoms with van der Waals surface area (Å²) in [5.74, 6) is 0. The second-order valence-corrected chi connectivity index (χ2v) is 4.41. The van der Waals surface area contributed by atoms with Crippen molar-refractivity contribution in [3.05, 3.63) is 0 Å². The van der Waals surface area contributed by atoms with E-state index in [2.05, 4.69) is 5.32 Å². The van der Waals surface area contributed by atoms with Gasteiger partial charge in [-0.3, -0.25) is 0 Å². The van der Waals surface area contributed by atoms with Gasteiger partial charge in [-0.1, -0.05) is 19.3 Å². The van der Waals surface area contributed by atoms with Crippen LogP contribution in [0.1, 0.15) is 32.1 Å². The van der Waals surface area contributed by atoms with E-state index in [0.29, 0.717) is 13.2 Å². The number of halogens is 2. The minimum atomic E-state index is -2.36. The van der Waals surface area contributed by atoms with Crippen LogP contribution >= 0.6 is 0 Å². The summed E-state index contributed by atoms with van der Waals surface area (Å²) in [5.41, 5.74) is 0.0175. The lowest BCUT2D eigenvalue weighted by molar-refractivity contribution is -0.108. The van der Waals surface area contributed by atoms with Gasteiger partial charge in [0.15, 0.2) is 0 Å². The van der Waals surface area contributed by atoms with Gasteiger partial charge in [-0.15, -0.1) is 0 Å². The van der Waals surface area contributed by atoms with Crippen molar-refractivity contribution in [2.24, 2.45) is 0 Å². The van der Waals surface area contributed by atoms with Crippen LogP contribution in [0.2, 0.25) is 0 Å². The molecule has 1 N–H and O–H groups in total. The minimum Gasteiger partial charge on any atom is -0.369 e. The molecule has 2 rings (SSSR count). The van der Waals surface area contributed by atoms with E-state index in [1.165, 1.54) is 19.3 Å². The molecule has 14 heavy (non-hydrogen) atoms. The normalized spacial score (nSPS) is 32.4. The SMILES string of the molecule is FC(F)C1CNC2(CCCCC2)CO1. The highest BCUT2D eigenvalue weighted by Gasteiger charge is 2.38. The van der Waals surface area contributed by atoms with E-state index in [1.54, 1.807) is 0 Å². The monoisotopic (exact) mass is 205 g/mol. The molecule has 0 bridgehead atoms. The van der Waals surface area contributed by atoms with Gasteiger partial charge in [0.05, 0.1) is 6.61 Å².